The van der Waals surface area contributed by atoms with Gasteiger partial charge in [-0.15, -0.1) is 0 Å². The SMILES string of the molecule is Clc1nc(Cl)c2ccn(CC3CCOCC3)c2n1. The summed E-state index contributed by atoms with van der Waals surface area (Å²) in [7, 11) is 0. The Balaban J connectivity index is 1.92. The molecule has 3 rings (SSSR count). The van der Waals surface area contributed by atoms with Crippen LogP contribution in [-0.4, -0.2) is 27.7 Å². The van der Waals surface area contributed by atoms with Crippen molar-refractivity contribution in [2.45, 2.75) is 19.4 Å². The molecule has 0 unspecified atom stereocenters. The molecule has 2 aromatic heterocycles. The Morgan fingerprint density at radius 3 is 2.83 bits per heavy atom. The molecule has 2 aromatic rings. The number of rotatable bonds is 2. The molecule has 1 saturated heterocycles. The molecule has 0 spiro atoms. The number of ether oxygens (including phenoxy) is 1. The standard InChI is InChI=1S/C12H13Cl2N3O/c13-10-9-1-4-17(11(9)16-12(14)15-10)7-8-2-5-18-6-3-8/h1,4,8H,2-3,5-7H2. The molecule has 1 aliphatic heterocycles. The van der Waals surface area contributed by atoms with Crippen LogP contribution < -0.4 is 0 Å². The van der Waals surface area contributed by atoms with E-state index in [0.29, 0.717) is 11.1 Å². The van der Waals surface area contributed by atoms with Crippen LogP contribution in [-0.2, 0) is 11.3 Å². The number of fused-ring (bicyclic) bond motifs is 1. The topological polar surface area (TPSA) is 39.9 Å². The molecule has 3 heterocycles. The van der Waals surface area contributed by atoms with E-state index in [-0.39, 0.29) is 5.28 Å². The van der Waals surface area contributed by atoms with Crippen molar-refractivity contribution in [2.75, 3.05) is 13.2 Å². The van der Waals surface area contributed by atoms with E-state index in [1.165, 1.54) is 0 Å². The van der Waals surface area contributed by atoms with Crippen molar-refractivity contribution in [2.24, 2.45) is 5.92 Å². The van der Waals surface area contributed by atoms with E-state index in [1.807, 2.05) is 12.3 Å². The zero-order valence-electron chi connectivity index (χ0n) is 9.77. The second kappa shape index (κ2) is 5.03. The Morgan fingerprint density at radius 1 is 1.28 bits per heavy atom. The summed E-state index contributed by atoms with van der Waals surface area (Å²) in [6.45, 7) is 2.62. The van der Waals surface area contributed by atoms with Gasteiger partial charge in [0.25, 0.3) is 0 Å². The van der Waals surface area contributed by atoms with Crippen LogP contribution in [0.3, 0.4) is 0 Å². The second-order valence-corrected chi connectivity index (χ2v) is 5.24. The second-order valence-electron chi connectivity index (χ2n) is 4.54. The minimum absolute atomic E-state index is 0.194. The lowest BCUT2D eigenvalue weighted by Gasteiger charge is -2.22. The van der Waals surface area contributed by atoms with E-state index >= 15 is 0 Å². The Morgan fingerprint density at radius 2 is 2.06 bits per heavy atom. The van der Waals surface area contributed by atoms with Gasteiger partial charge in [0.1, 0.15) is 10.8 Å². The maximum absolute atomic E-state index is 6.05. The lowest BCUT2D eigenvalue weighted by molar-refractivity contribution is 0.0616. The zero-order chi connectivity index (χ0) is 12.5. The fourth-order valence-electron chi connectivity index (χ4n) is 2.36. The van der Waals surface area contributed by atoms with Gasteiger partial charge in [0, 0.05) is 26.0 Å². The third-order valence-corrected chi connectivity index (χ3v) is 3.80. The average Bonchev–Trinajstić information content (AvgIpc) is 2.74. The molecular formula is C12H13Cl2N3O. The van der Waals surface area contributed by atoms with Gasteiger partial charge in [-0.25, -0.2) is 4.98 Å². The number of aromatic nitrogens is 3. The first-order chi connectivity index (χ1) is 8.74. The molecule has 96 valence electrons. The lowest BCUT2D eigenvalue weighted by atomic mass is 10.0. The molecule has 0 saturated carbocycles. The van der Waals surface area contributed by atoms with Crippen LogP contribution >= 0.6 is 23.2 Å². The van der Waals surface area contributed by atoms with Crippen LogP contribution in [0.4, 0.5) is 0 Å². The highest BCUT2D eigenvalue weighted by atomic mass is 35.5. The van der Waals surface area contributed by atoms with E-state index in [1.54, 1.807) is 0 Å². The highest BCUT2D eigenvalue weighted by Gasteiger charge is 2.16. The van der Waals surface area contributed by atoms with Gasteiger partial charge in [0.15, 0.2) is 0 Å². The number of halogens is 2. The zero-order valence-corrected chi connectivity index (χ0v) is 11.3. The number of nitrogens with zero attached hydrogens (tertiary/aromatic N) is 3. The smallest absolute Gasteiger partial charge is 0.225 e. The summed E-state index contributed by atoms with van der Waals surface area (Å²) in [5.74, 6) is 0.627. The van der Waals surface area contributed by atoms with Crippen LogP contribution in [0.15, 0.2) is 12.3 Å². The predicted octanol–water partition coefficient (Wildman–Crippen LogP) is 3.16. The van der Waals surface area contributed by atoms with E-state index in [4.69, 9.17) is 27.9 Å². The normalized spacial score (nSPS) is 17.4. The number of hydrogen-bond donors (Lipinski definition) is 0. The van der Waals surface area contributed by atoms with Crippen molar-refractivity contribution < 1.29 is 4.74 Å². The van der Waals surface area contributed by atoms with E-state index in [0.717, 1.165) is 43.6 Å². The lowest BCUT2D eigenvalue weighted by Crippen LogP contribution is -2.20. The van der Waals surface area contributed by atoms with Crippen LogP contribution in [0.2, 0.25) is 10.4 Å². The van der Waals surface area contributed by atoms with Gasteiger partial charge in [-0.1, -0.05) is 11.6 Å². The summed E-state index contributed by atoms with van der Waals surface area (Å²) >= 11 is 11.9. The molecular weight excluding hydrogens is 273 g/mol. The molecule has 6 heteroatoms. The molecule has 0 amide bonds. The van der Waals surface area contributed by atoms with Crippen molar-refractivity contribution in [3.8, 4) is 0 Å². The highest BCUT2D eigenvalue weighted by molar-refractivity contribution is 6.35. The minimum atomic E-state index is 0.194. The van der Waals surface area contributed by atoms with Crippen LogP contribution in [0.1, 0.15) is 12.8 Å². The Kier molecular flexibility index (Phi) is 3.41. The quantitative estimate of drug-likeness (QED) is 0.629. The number of hydrogen-bond acceptors (Lipinski definition) is 3. The van der Waals surface area contributed by atoms with Gasteiger partial charge >= 0.3 is 0 Å². The first kappa shape index (κ1) is 12.2. The fourth-order valence-corrected chi connectivity index (χ4v) is 2.79. The van der Waals surface area contributed by atoms with E-state index in [9.17, 15) is 0 Å². The summed E-state index contributed by atoms with van der Waals surface area (Å²) < 4.78 is 7.47. The van der Waals surface area contributed by atoms with Crippen molar-refractivity contribution in [1.82, 2.24) is 14.5 Å². The van der Waals surface area contributed by atoms with Crippen molar-refractivity contribution in [1.29, 1.82) is 0 Å². The average molecular weight is 286 g/mol. The molecule has 18 heavy (non-hydrogen) atoms. The van der Waals surface area contributed by atoms with Gasteiger partial charge in [-0.3, -0.25) is 0 Å². The Labute approximate surface area is 115 Å². The van der Waals surface area contributed by atoms with E-state index < -0.39 is 0 Å². The third kappa shape index (κ3) is 2.32. The van der Waals surface area contributed by atoms with Gasteiger partial charge in [0.05, 0.1) is 5.39 Å². The van der Waals surface area contributed by atoms with Crippen molar-refractivity contribution in [3.63, 3.8) is 0 Å². The molecule has 1 aliphatic rings. The molecule has 1 fully saturated rings. The monoisotopic (exact) mass is 285 g/mol. The Bertz CT molecular complexity index is 564. The largest absolute Gasteiger partial charge is 0.381 e. The molecule has 0 radical (unpaired) electrons. The van der Waals surface area contributed by atoms with Crippen LogP contribution in [0.25, 0.3) is 11.0 Å². The van der Waals surface area contributed by atoms with Crippen LogP contribution in [0.5, 0.6) is 0 Å². The first-order valence-electron chi connectivity index (χ1n) is 5.99. The maximum Gasteiger partial charge on any atom is 0.225 e. The molecule has 4 nitrogen and oxygen atoms in total. The van der Waals surface area contributed by atoms with Gasteiger partial charge in [0.2, 0.25) is 5.28 Å². The summed E-state index contributed by atoms with van der Waals surface area (Å²) in [5.41, 5.74) is 0.812. The fraction of sp³-hybridized carbons (Fsp3) is 0.500. The molecule has 0 aliphatic carbocycles. The van der Waals surface area contributed by atoms with Crippen LogP contribution in [0, 0.1) is 5.92 Å². The summed E-state index contributed by atoms with van der Waals surface area (Å²) in [6, 6.07) is 1.94. The van der Waals surface area contributed by atoms with Gasteiger partial charge in [-0.2, -0.15) is 4.98 Å². The summed E-state index contributed by atoms with van der Waals surface area (Å²) in [4.78, 5) is 8.21. The third-order valence-electron chi connectivity index (χ3n) is 3.34. The van der Waals surface area contributed by atoms with Gasteiger partial charge in [-0.05, 0) is 36.4 Å². The van der Waals surface area contributed by atoms with Crippen molar-refractivity contribution >= 4 is 34.2 Å². The predicted molar refractivity (Wildman–Crippen MR) is 71.1 cm³/mol. The molecule has 0 atom stereocenters. The summed E-state index contributed by atoms with van der Waals surface area (Å²) in [5, 5.41) is 1.46. The highest BCUT2D eigenvalue weighted by Crippen LogP contribution is 2.25. The molecule has 0 bridgehead atoms. The molecule has 0 aromatic carbocycles. The minimum Gasteiger partial charge on any atom is -0.381 e. The maximum atomic E-state index is 6.05. The van der Waals surface area contributed by atoms with Gasteiger partial charge < -0.3 is 9.30 Å². The first-order valence-corrected chi connectivity index (χ1v) is 6.75. The summed E-state index contributed by atoms with van der Waals surface area (Å²) in [6.07, 6.45) is 4.18. The van der Waals surface area contributed by atoms with E-state index in [2.05, 4.69) is 14.5 Å². The molecule has 0 N–H and O–H groups in total. The van der Waals surface area contributed by atoms with Crippen molar-refractivity contribution in [3.05, 3.63) is 22.7 Å². The Hall–Kier alpha value is -0.840.